The molecule has 10 heteroatoms. The van der Waals surface area contributed by atoms with E-state index >= 15 is 0 Å². The quantitative estimate of drug-likeness (QED) is 0.403. The van der Waals surface area contributed by atoms with Crippen molar-refractivity contribution in [2.45, 2.75) is 63.6 Å². The van der Waals surface area contributed by atoms with Gasteiger partial charge >= 0.3 is 0 Å². The maximum absolute atomic E-state index is 14.6. The summed E-state index contributed by atoms with van der Waals surface area (Å²) < 4.78 is 42.9. The number of carbonyl (C=O) groups is 1. The highest BCUT2D eigenvalue weighted by atomic mass is 32.2. The highest BCUT2D eigenvalue weighted by Gasteiger charge is 2.31. The lowest BCUT2D eigenvalue weighted by Gasteiger charge is -2.19. The third-order valence-electron chi connectivity index (χ3n) is 6.25. The van der Waals surface area contributed by atoms with Crippen LogP contribution in [0.3, 0.4) is 0 Å². The fourth-order valence-electron chi connectivity index (χ4n) is 3.78. The van der Waals surface area contributed by atoms with Gasteiger partial charge in [-0.25, -0.2) is 22.5 Å². The Balaban J connectivity index is 1.75. The van der Waals surface area contributed by atoms with Crippen molar-refractivity contribution in [3.63, 3.8) is 0 Å². The molecule has 0 bridgehead atoms. The topological polar surface area (TPSA) is 98.4 Å². The summed E-state index contributed by atoms with van der Waals surface area (Å²) in [4.78, 5) is 17.2. The SMILES string of the molecule is CCC(C)NC(=O)c1cc(-c2cnn(-c3cnc4ccc(S(=O)(=O)C(C)(C)C)cn34)c2)c(C)cc1F. The number of sulfone groups is 1. The lowest BCUT2D eigenvalue weighted by atomic mass is 9.99. The smallest absolute Gasteiger partial charge is 0.254 e. The number of aromatic nitrogens is 4. The molecule has 1 N–H and O–H groups in total. The summed E-state index contributed by atoms with van der Waals surface area (Å²) in [6.45, 7) is 10.5. The van der Waals surface area contributed by atoms with Crippen LogP contribution in [0.25, 0.3) is 22.6 Å². The molecule has 0 radical (unpaired) electrons. The minimum atomic E-state index is -3.57. The first-order valence-electron chi connectivity index (χ1n) is 11.7. The zero-order valence-electron chi connectivity index (χ0n) is 21.2. The summed E-state index contributed by atoms with van der Waals surface area (Å²) >= 11 is 0. The van der Waals surface area contributed by atoms with Gasteiger partial charge in [-0.2, -0.15) is 5.10 Å². The van der Waals surface area contributed by atoms with Gasteiger partial charge in [0.1, 0.15) is 11.5 Å². The fourth-order valence-corrected chi connectivity index (χ4v) is 4.98. The third kappa shape index (κ3) is 4.53. The number of nitrogens with one attached hydrogen (secondary N) is 1. The van der Waals surface area contributed by atoms with E-state index in [9.17, 15) is 17.6 Å². The van der Waals surface area contributed by atoms with E-state index < -0.39 is 26.3 Å². The van der Waals surface area contributed by atoms with Crippen LogP contribution in [0.4, 0.5) is 4.39 Å². The van der Waals surface area contributed by atoms with E-state index in [4.69, 9.17) is 0 Å². The third-order valence-corrected chi connectivity index (χ3v) is 8.73. The number of hydrogen-bond donors (Lipinski definition) is 1. The van der Waals surface area contributed by atoms with Crippen molar-refractivity contribution in [3.05, 3.63) is 66.0 Å². The van der Waals surface area contributed by atoms with Gasteiger partial charge in [-0.05, 0) is 76.4 Å². The molecule has 190 valence electrons. The van der Waals surface area contributed by atoms with Crippen LogP contribution in [-0.2, 0) is 9.84 Å². The second kappa shape index (κ2) is 9.16. The Bertz CT molecular complexity index is 1560. The maximum atomic E-state index is 14.6. The van der Waals surface area contributed by atoms with Gasteiger partial charge in [0, 0.05) is 24.0 Å². The Morgan fingerprint density at radius 2 is 1.89 bits per heavy atom. The molecule has 0 aliphatic heterocycles. The molecule has 0 spiro atoms. The fraction of sp³-hybridized carbons (Fsp3) is 0.346. The van der Waals surface area contributed by atoms with Crippen molar-refractivity contribution in [3.8, 4) is 16.9 Å². The van der Waals surface area contributed by atoms with Gasteiger partial charge in [-0.15, -0.1) is 0 Å². The van der Waals surface area contributed by atoms with E-state index in [0.717, 1.165) is 6.42 Å². The van der Waals surface area contributed by atoms with Crippen LogP contribution >= 0.6 is 0 Å². The highest BCUT2D eigenvalue weighted by molar-refractivity contribution is 7.92. The van der Waals surface area contributed by atoms with Crippen LogP contribution in [-0.4, -0.2) is 44.3 Å². The standard InChI is InChI=1S/C26H30FN5O3S/c1-7-17(3)30-25(33)21-11-20(16(2)10-22(21)27)18-12-29-32(14-18)24-13-28-23-9-8-19(15-31(23)24)36(34,35)26(4,5)6/h8-15,17H,7H2,1-6H3,(H,30,33). The second-order valence-electron chi connectivity index (χ2n) is 9.93. The zero-order valence-corrected chi connectivity index (χ0v) is 22.0. The predicted molar refractivity (Wildman–Crippen MR) is 137 cm³/mol. The molecule has 1 unspecified atom stereocenters. The number of halogens is 1. The second-order valence-corrected chi connectivity index (χ2v) is 12.6. The molecule has 1 aromatic carbocycles. The summed E-state index contributed by atoms with van der Waals surface area (Å²) in [7, 11) is -3.57. The number of hydrogen-bond acceptors (Lipinski definition) is 5. The summed E-state index contributed by atoms with van der Waals surface area (Å²) in [6.07, 6.45) is 7.23. The molecule has 36 heavy (non-hydrogen) atoms. The Labute approximate surface area is 210 Å². The molecule has 3 aromatic heterocycles. The molecule has 0 fully saturated rings. The van der Waals surface area contributed by atoms with E-state index in [1.54, 1.807) is 73.7 Å². The van der Waals surface area contributed by atoms with Crippen LogP contribution in [0.15, 0.2) is 53.9 Å². The van der Waals surface area contributed by atoms with Gasteiger partial charge in [0.25, 0.3) is 5.91 Å². The predicted octanol–water partition coefficient (Wildman–Crippen LogP) is 4.74. The zero-order chi connectivity index (χ0) is 26.4. The van der Waals surface area contributed by atoms with Crippen molar-refractivity contribution in [2.75, 3.05) is 0 Å². The summed E-state index contributed by atoms with van der Waals surface area (Å²) in [5.74, 6) is -0.514. The van der Waals surface area contributed by atoms with Crippen molar-refractivity contribution in [1.82, 2.24) is 24.5 Å². The number of pyridine rings is 1. The largest absolute Gasteiger partial charge is 0.350 e. The number of imidazole rings is 1. The molecule has 4 aromatic rings. The molecule has 4 rings (SSSR count). The number of carbonyl (C=O) groups excluding carboxylic acids is 1. The molecule has 3 heterocycles. The first kappa shape index (κ1) is 25.6. The highest BCUT2D eigenvalue weighted by Crippen LogP contribution is 2.29. The Kier molecular flexibility index (Phi) is 6.51. The van der Waals surface area contributed by atoms with Crippen LogP contribution in [0.1, 0.15) is 57.0 Å². The summed E-state index contributed by atoms with van der Waals surface area (Å²) in [5, 5.41) is 7.24. The minimum absolute atomic E-state index is 0.0320. The number of aryl methyl sites for hydroxylation is 1. The number of rotatable bonds is 6. The van der Waals surface area contributed by atoms with Crippen molar-refractivity contribution < 1.29 is 17.6 Å². The molecule has 1 amide bonds. The van der Waals surface area contributed by atoms with Crippen molar-refractivity contribution in [1.29, 1.82) is 0 Å². The molecule has 0 saturated carbocycles. The molecule has 8 nitrogen and oxygen atoms in total. The van der Waals surface area contributed by atoms with Gasteiger partial charge in [0.2, 0.25) is 0 Å². The van der Waals surface area contributed by atoms with E-state index in [2.05, 4.69) is 15.4 Å². The Hall–Kier alpha value is -3.53. The first-order valence-corrected chi connectivity index (χ1v) is 13.2. The van der Waals surface area contributed by atoms with Crippen LogP contribution < -0.4 is 5.32 Å². The van der Waals surface area contributed by atoms with E-state index in [0.29, 0.717) is 28.2 Å². The van der Waals surface area contributed by atoms with Gasteiger partial charge in [0.15, 0.2) is 15.7 Å². The van der Waals surface area contributed by atoms with E-state index in [1.807, 2.05) is 13.8 Å². The Morgan fingerprint density at radius 1 is 1.17 bits per heavy atom. The van der Waals surface area contributed by atoms with Gasteiger partial charge in [-0.1, -0.05) is 6.92 Å². The van der Waals surface area contributed by atoms with Gasteiger partial charge in [-0.3, -0.25) is 9.20 Å². The first-order chi connectivity index (χ1) is 16.8. The number of fused-ring (bicyclic) bond motifs is 1. The van der Waals surface area contributed by atoms with Crippen molar-refractivity contribution in [2.24, 2.45) is 0 Å². The van der Waals surface area contributed by atoms with Gasteiger partial charge in [0.05, 0.1) is 27.6 Å². The molecular formula is C26H30FN5O3S. The average Bonchev–Trinajstić information content (AvgIpc) is 3.44. The lowest BCUT2D eigenvalue weighted by molar-refractivity contribution is 0.0935. The lowest BCUT2D eigenvalue weighted by Crippen LogP contribution is -2.32. The molecule has 0 aliphatic carbocycles. The average molecular weight is 512 g/mol. The van der Waals surface area contributed by atoms with E-state index in [1.165, 1.54) is 12.1 Å². The molecule has 1 atom stereocenters. The van der Waals surface area contributed by atoms with Crippen LogP contribution in [0, 0.1) is 12.7 Å². The van der Waals surface area contributed by atoms with Crippen molar-refractivity contribution >= 4 is 21.4 Å². The molecule has 0 saturated heterocycles. The minimum Gasteiger partial charge on any atom is -0.350 e. The van der Waals surface area contributed by atoms with Crippen LogP contribution in [0.5, 0.6) is 0 Å². The number of benzene rings is 1. The van der Waals surface area contributed by atoms with E-state index in [-0.39, 0.29) is 16.5 Å². The van der Waals surface area contributed by atoms with Gasteiger partial charge < -0.3 is 5.32 Å². The molecular weight excluding hydrogens is 481 g/mol. The number of amides is 1. The maximum Gasteiger partial charge on any atom is 0.254 e. The monoisotopic (exact) mass is 511 g/mol. The van der Waals surface area contributed by atoms with Crippen LogP contribution in [0.2, 0.25) is 0 Å². The Morgan fingerprint density at radius 3 is 2.56 bits per heavy atom. The number of nitrogens with zero attached hydrogens (tertiary/aromatic N) is 4. The summed E-state index contributed by atoms with van der Waals surface area (Å²) in [6, 6.07) is 6.00. The molecule has 0 aliphatic rings. The normalized spacial score (nSPS) is 13.2. The summed E-state index contributed by atoms with van der Waals surface area (Å²) in [5.41, 5.74) is 2.54.